The summed E-state index contributed by atoms with van der Waals surface area (Å²) in [5, 5.41) is 0. The number of fused-ring (bicyclic) bond motifs is 3. The van der Waals surface area contributed by atoms with E-state index in [4.69, 9.17) is 4.98 Å². The summed E-state index contributed by atoms with van der Waals surface area (Å²) in [6, 6.07) is 19.1. The maximum atomic E-state index is 4.93. The Balaban J connectivity index is 1.59. The van der Waals surface area contributed by atoms with Crippen LogP contribution in [0.1, 0.15) is 19.3 Å². The van der Waals surface area contributed by atoms with Gasteiger partial charge in [0.15, 0.2) is 0 Å². The predicted octanol–water partition coefficient (Wildman–Crippen LogP) is 4.44. The molecule has 0 bridgehead atoms. The average Bonchev–Trinajstić information content (AvgIpc) is 3.24. The maximum absolute atomic E-state index is 4.93. The Labute approximate surface area is 153 Å². The molecule has 0 aliphatic carbocycles. The molecule has 0 unspecified atom stereocenters. The zero-order chi connectivity index (χ0) is 17.3. The summed E-state index contributed by atoms with van der Waals surface area (Å²) in [5.74, 6) is 1.04. The molecular weight excluding hydrogens is 320 g/mol. The van der Waals surface area contributed by atoms with Crippen LogP contribution in [0, 0.1) is 0 Å². The van der Waals surface area contributed by atoms with Crippen molar-refractivity contribution >= 4 is 16.8 Å². The monoisotopic (exact) mass is 344 g/mol. The molecule has 2 aromatic carbocycles. The first-order valence-electron chi connectivity index (χ1n) is 9.64. The van der Waals surface area contributed by atoms with Crippen LogP contribution in [-0.4, -0.2) is 38.5 Å². The van der Waals surface area contributed by atoms with E-state index >= 15 is 0 Å². The van der Waals surface area contributed by atoms with Crippen molar-refractivity contribution in [1.82, 2.24) is 18.9 Å². The molecule has 1 fully saturated rings. The first-order chi connectivity index (χ1) is 12.9. The molecule has 2 aromatic heterocycles. The highest BCUT2D eigenvalue weighted by molar-refractivity contribution is 5.81. The van der Waals surface area contributed by atoms with Crippen LogP contribution in [0.15, 0.2) is 60.8 Å². The van der Waals surface area contributed by atoms with Gasteiger partial charge in [0.25, 0.3) is 0 Å². The summed E-state index contributed by atoms with van der Waals surface area (Å²) in [6.45, 7) is 4.53. The molecule has 4 nitrogen and oxygen atoms in total. The highest BCUT2D eigenvalue weighted by Gasteiger charge is 2.17. The number of nitrogens with zero attached hydrogens (tertiary/aromatic N) is 4. The standard InChI is InChI=1S/C22H24N4/c1-3-9-18(10-4-1)21-17-26-20-12-6-5-11-19(20)23-22(26)25(21)16-15-24-13-7-2-8-14-24/h1,3-6,9-12,17H,2,7-8,13-16H2. The molecule has 0 amide bonds. The summed E-state index contributed by atoms with van der Waals surface area (Å²) >= 11 is 0. The van der Waals surface area contributed by atoms with E-state index in [0.29, 0.717) is 0 Å². The fourth-order valence-corrected chi connectivity index (χ4v) is 4.13. The van der Waals surface area contributed by atoms with Gasteiger partial charge in [0.05, 0.1) is 16.7 Å². The lowest BCUT2D eigenvalue weighted by molar-refractivity contribution is 0.222. The lowest BCUT2D eigenvalue weighted by Crippen LogP contribution is -2.32. The van der Waals surface area contributed by atoms with E-state index in [-0.39, 0.29) is 0 Å². The van der Waals surface area contributed by atoms with E-state index in [2.05, 4.69) is 74.7 Å². The first kappa shape index (κ1) is 15.6. The maximum Gasteiger partial charge on any atom is 0.215 e. The Bertz CT molecular complexity index is 1020. The number of imidazole rings is 2. The van der Waals surface area contributed by atoms with Gasteiger partial charge >= 0.3 is 0 Å². The van der Waals surface area contributed by atoms with Crippen LogP contribution < -0.4 is 0 Å². The lowest BCUT2D eigenvalue weighted by Gasteiger charge is -2.26. The van der Waals surface area contributed by atoms with Gasteiger partial charge in [0.1, 0.15) is 0 Å². The fourth-order valence-electron chi connectivity index (χ4n) is 4.13. The topological polar surface area (TPSA) is 25.5 Å². The summed E-state index contributed by atoms with van der Waals surface area (Å²) in [6.07, 6.45) is 6.29. The third-order valence-electron chi connectivity index (χ3n) is 5.52. The molecular formula is C22H24N4. The zero-order valence-electron chi connectivity index (χ0n) is 15.0. The van der Waals surface area contributed by atoms with Crippen molar-refractivity contribution < 1.29 is 0 Å². The van der Waals surface area contributed by atoms with Crippen molar-refractivity contribution in [1.29, 1.82) is 0 Å². The van der Waals surface area contributed by atoms with Crippen LogP contribution in [0.5, 0.6) is 0 Å². The Kier molecular flexibility index (Phi) is 3.98. The number of likely N-dealkylation sites (tertiary alicyclic amines) is 1. The predicted molar refractivity (Wildman–Crippen MR) is 106 cm³/mol. The Morgan fingerprint density at radius 1 is 0.808 bits per heavy atom. The number of para-hydroxylation sites is 2. The molecule has 0 saturated carbocycles. The zero-order valence-corrected chi connectivity index (χ0v) is 15.0. The van der Waals surface area contributed by atoms with Crippen LogP contribution in [0.25, 0.3) is 28.1 Å². The van der Waals surface area contributed by atoms with Crippen LogP contribution in [0.3, 0.4) is 0 Å². The van der Waals surface area contributed by atoms with Gasteiger partial charge < -0.3 is 9.47 Å². The van der Waals surface area contributed by atoms with Crippen molar-refractivity contribution in [3.05, 3.63) is 60.8 Å². The van der Waals surface area contributed by atoms with Gasteiger partial charge in [-0.1, -0.05) is 48.9 Å². The second-order valence-electron chi connectivity index (χ2n) is 7.20. The van der Waals surface area contributed by atoms with Crippen LogP contribution in [0.2, 0.25) is 0 Å². The van der Waals surface area contributed by atoms with Gasteiger partial charge in [-0.25, -0.2) is 4.98 Å². The molecule has 4 aromatic rings. The minimum atomic E-state index is 0.976. The van der Waals surface area contributed by atoms with E-state index in [1.807, 2.05) is 0 Å². The highest BCUT2D eigenvalue weighted by Crippen LogP contribution is 2.26. The second kappa shape index (κ2) is 6.61. The number of aromatic nitrogens is 3. The molecule has 4 heteroatoms. The highest BCUT2D eigenvalue weighted by atomic mass is 15.2. The van der Waals surface area contributed by atoms with Gasteiger partial charge in [0.2, 0.25) is 5.78 Å². The molecule has 0 spiro atoms. The molecule has 0 N–H and O–H groups in total. The summed E-state index contributed by atoms with van der Waals surface area (Å²) in [5.41, 5.74) is 4.74. The van der Waals surface area contributed by atoms with E-state index in [1.54, 1.807) is 0 Å². The molecule has 1 saturated heterocycles. The number of hydrogen-bond donors (Lipinski definition) is 0. The van der Waals surface area contributed by atoms with Gasteiger partial charge in [-0.3, -0.25) is 4.40 Å². The number of rotatable bonds is 4. The summed E-state index contributed by atoms with van der Waals surface area (Å²) in [4.78, 5) is 7.53. The fraction of sp³-hybridized carbons (Fsp3) is 0.318. The molecule has 0 atom stereocenters. The molecule has 1 aliphatic heterocycles. The number of hydrogen-bond acceptors (Lipinski definition) is 2. The van der Waals surface area contributed by atoms with E-state index in [0.717, 1.165) is 24.4 Å². The van der Waals surface area contributed by atoms with Gasteiger partial charge in [-0.05, 0) is 43.6 Å². The van der Waals surface area contributed by atoms with E-state index < -0.39 is 0 Å². The van der Waals surface area contributed by atoms with Crippen molar-refractivity contribution in [3.8, 4) is 11.3 Å². The van der Waals surface area contributed by atoms with Crippen molar-refractivity contribution in [2.45, 2.75) is 25.8 Å². The molecule has 26 heavy (non-hydrogen) atoms. The normalized spacial score (nSPS) is 15.8. The van der Waals surface area contributed by atoms with Gasteiger partial charge in [0, 0.05) is 19.3 Å². The molecule has 0 radical (unpaired) electrons. The minimum absolute atomic E-state index is 0.976. The molecule has 3 heterocycles. The van der Waals surface area contributed by atoms with E-state index in [1.165, 1.54) is 49.1 Å². The lowest BCUT2D eigenvalue weighted by atomic mass is 10.1. The molecule has 132 valence electrons. The van der Waals surface area contributed by atoms with Gasteiger partial charge in [-0.2, -0.15) is 0 Å². The minimum Gasteiger partial charge on any atom is -0.308 e. The van der Waals surface area contributed by atoms with Crippen LogP contribution >= 0.6 is 0 Å². The largest absolute Gasteiger partial charge is 0.308 e. The van der Waals surface area contributed by atoms with Crippen molar-refractivity contribution in [3.63, 3.8) is 0 Å². The van der Waals surface area contributed by atoms with Crippen molar-refractivity contribution in [2.75, 3.05) is 19.6 Å². The van der Waals surface area contributed by atoms with Crippen molar-refractivity contribution in [2.24, 2.45) is 0 Å². The third kappa shape index (κ3) is 2.71. The third-order valence-corrected chi connectivity index (χ3v) is 5.52. The second-order valence-corrected chi connectivity index (χ2v) is 7.20. The number of piperidine rings is 1. The SMILES string of the molecule is c1ccc(-c2cn3c4ccccc4nc3n2CCN2CCCCC2)cc1. The molecule has 5 rings (SSSR count). The first-order valence-corrected chi connectivity index (χ1v) is 9.64. The Morgan fingerprint density at radius 2 is 1.58 bits per heavy atom. The van der Waals surface area contributed by atoms with Crippen LogP contribution in [0.4, 0.5) is 0 Å². The summed E-state index contributed by atoms with van der Waals surface area (Å²) in [7, 11) is 0. The summed E-state index contributed by atoms with van der Waals surface area (Å²) < 4.78 is 4.64. The van der Waals surface area contributed by atoms with E-state index in [9.17, 15) is 0 Å². The van der Waals surface area contributed by atoms with Crippen LogP contribution in [-0.2, 0) is 6.54 Å². The Morgan fingerprint density at radius 3 is 2.42 bits per heavy atom. The molecule has 1 aliphatic rings. The smallest absolute Gasteiger partial charge is 0.215 e. The van der Waals surface area contributed by atoms with Gasteiger partial charge in [-0.15, -0.1) is 0 Å². The average molecular weight is 344 g/mol. The quantitative estimate of drug-likeness (QED) is 0.547. The Hall–Kier alpha value is -2.59. The number of benzene rings is 2.